The number of nitrogens with zero attached hydrogens (tertiary/aromatic N) is 4. The lowest BCUT2D eigenvalue weighted by Crippen LogP contribution is -2.38. The van der Waals surface area contributed by atoms with Crippen molar-refractivity contribution in [3.05, 3.63) is 58.1 Å². The Bertz CT molecular complexity index is 1150. The number of hydrogen-bond acceptors (Lipinski definition) is 4. The Morgan fingerprint density at radius 2 is 1.86 bits per heavy atom. The largest absolute Gasteiger partial charge is 0.367 e. The van der Waals surface area contributed by atoms with Crippen molar-refractivity contribution in [2.45, 2.75) is 25.8 Å². The van der Waals surface area contributed by atoms with Gasteiger partial charge < -0.3 is 9.80 Å². The van der Waals surface area contributed by atoms with E-state index in [0.717, 1.165) is 31.9 Å². The second-order valence-electron chi connectivity index (χ2n) is 8.20. The third-order valence-electron chi connectivity index (χ3n) is 6.48. The van der Waals surface area contributed by atoms with Crippen molar-refractivity contribution in [1.29, 1.82) is 0 Å². The third kappa shape index (κ3) is 3.02. The number of halogens is 1. The van der Waals surface area contributed by atoms with E-state index < -0.39 is 0 Å². The van der Waals surface area contributed by atoms with E-state index in [2.05, 4.69) is 20.9 Å². The summed E-state index contributed by atoms with van der Waals surface area (Å²) in [6.45, 7) is 6.08. The van der Waals surface area contributed by atoms with Gasteiger partial charge >= 0.3 is 0 Å². The highest BCUT2D eigenvalue weighted by Crippen LogP contribution is 2.29. The molecular formula is C23H25FN4O. The van der Waals surface area contributed by atoms with Gasteiger partial charge in [0.2, 0.25) is 0 Å². The van der Waals surface area contributed by atoms with Crippen molar-refractivity contribution < 1.29 is 4.39 Å². The fourth-order valence-corrected chi connectivity index (χ4v) is 4.72. The van der Waals surface area contributed by atoms with E-state index in [1.165, 1.54) is 17.4 Å². The van der Waals surface area contributed by atoms with Crippen LogP contribution in [0, 0.1) is 12.7 Å². The smallest absolute Gasteiger partial charge is 0.261 e. The van der Waals surface area contributed by atoms with Crippen molar-refractivity contribution in [3.8, 4) is 11.4 Å². The summed E-state index contributed by atoms with van der Waals surface area (Å²) >= 11 is 0. The normalized spacial score (nSPS) is 21.6. The molecule has 0 radical (unpaired) electrons. The molecule has 6 rings (SSSR count). The number of fused-ring (bicyclic) bond motifs is 5. The molecule has 29 heavy (non-hydrogen) atoms. The lowest BCUT2D eigenvalue weighted by molar-refractivity contribution is 0.250. The van der Waals surface area contributed by atoms with Gasteiger partial charge in [-0.15, -0.1) is 0 Å². The Morgan fingerprint density at radius 1 is 1.07 bits per heavy atom. The fourth-order valence-electron chi connectivity index (χ4n) is 4.72. The molecule has 3 saturated heterocycles. The average molecular weight is 392 g/mol. The van der Waals surface area contributed by atoms with E-state index in [0.29, 0.717) is 33.9 Å². The Balaban J connectivity index is 1.62. The first-order valence-corrected chi connectivity index (χ1v) is 10.3. The van der Waals surface area contributed by atoms with Crippen molar-refractivity contribution >= 4 is 16.6 Å². The lowest BCUT2D eigenvalue weighted by atomic mass is 10.0. The first-order chi connectivity index (χ1) is 14.0. The molecule has 2 bridgehead atoms. The summed E-state index contributed by atoms with van der Waals surface area (Å²) in [7, 11) is 1.67. The van der Waals surface area contributed by atoms with Crippen molar-refractivity contribution in [3.63, 3.8) is 0 Å². The van der Waals surface area contributed by atoms with Crippen LogP contribution in [0.1, 0.15) is 18.4 Å². The minimum atomic E-state index is -0.332. The van der Waals surface area contributed by atoms with E-state index in [-0.39, 0.29) is 11.4 Å². The highest BCUT2D eigenvalue weighted by molar-refractivity contribution is 5.83. The maximum Gasteiger partial charge on any atom is 0.261 e. The molecule has 3 aliphatic heterocycles. The highest BCUT2D eigenvalue weighted by Gasteiger charge is 2.29. The van der Waals surface area contributed by atoms with E-state index >= 15 is 0 Å². The molecule has 5 nitrogen and oxygen atoms in total. The van der Waals surface area contributed by atoms with Crippen LogP contribution in [-0.2, 0) is 7.05 Å². The van der Waals surface area contributed by atoms with Gasteiger partial charge in [0.05, 0.1) is 16.5 Å². The molecule has 1 aromatic heterocycles. The van der Waals surface area contributed by atoms with Gasteiger partial charge in [0.15, 0.2) is 0 Å². The van der Waals surface area contributed by atoms with Crippen LogP contribution in [-0.4, -0.2) is 46.7 Å². The second kappa shape index (κ2) is 6.95. The van der Waals surface area contributed by atoms with E-state index in [1.807, 2.05) is 12.1 Å². The van der Waals surface area contributed by atoms with E-state index in [9.17, 15) is 9.18 Å². The molecule has 2 aromatic carbocycles. The number of aryl methyl sites for hydroxylation is 1. The molecular weight excluding hydrogens is 367 g/mol. The number of rotatable bonds is 2. The van der Waals surface area contributed by atoms with Gasteiger partial charge in [-0.3, -0.25) is 9.36 Å². The van der Waals surface area contributed by atoms with Crippen LogP contribution in [0.5, 0.6) is 0 Å². The summed E-state index contributed by atoms with van der Waals surface area (Å²) in [6.07, 6.45) is 2.33. The van der Waals surface area contributed by atoms with Gasteiger partial charge in [0.25, 0.3) is 5.56 Å². The van der Waals surface area contributed by atoms with Gasteiger partial charge in [0.1, 0.15) is 11.6 Å². The summed E-state index contributed by atoms with van der Waals surface area (Å²) in [5.74, 6) is 0.0268. The van der Waals surface area contributed by atoms with Crippen molar-refractivity contribution in [2.75, 3.05) is 31.1 Å². The molecule has 0 spiro atoms. The van der Waals surface area contributed by atoms with Crippen LogP contribution in [0.3, 0.4) is 0 Å². The predicted molar refractivity (Wildman–Crippen MR) is 114 cm³/mol. The molecule has 6 heteroatoms. The van der Waals surface area contributed by atoms with Gasteiger partial charge in [-0.2, -0.15) is 0 Å². The number of piperidine rings is 1. The zero-order chi connectivity index (χ0) is 20.1. The standard InChI is InChI=1S/C23H25FN4O/c1-15-4-3-5-18(21(15)24)22-25-20-7-6-17(14-19(20)23(29)26(22)2)28-13-12-27-10-8-16(28)9-11-27/h3-7,14,16H,8-13H2,1-2H3. The summed E-state index contributed by atoms with van der Waals surface area (Å²) in [6, 6.07) is 11.6. The summed E-state index contributed by atoms with van der Waals surface area (Å²) in [5.41, 5.74) is 2.44. The molecule has 4 heterocycles. The van der Waals surface area contributed by atoms with E-state index in [1.54, 1.807) is 32.2 Å². The lowest BCUT2D eigenvalue weighted by Gasteiger charge is -2.33. The minimum Gasteiger partial charge on any atom is -0.367 e. The quantitative estimate of drug-likeness (QED) is 0.671. The van der Waals surface area contributed by atoms with Gasteiger partial charge in [-0.1, -0.05) is 12.1 Å². The second-order valence-corrected chi connectivity index (χ2v) is 8.20. The van der Waals surface area contributed by atoms with Crippen LogP contribution in [0.15, 0.2) is 41.2 Å². The highest BCUT2D eigenvalue weighted by atomic mass is 19.1. The predicted octanol–water partition coefficient (Wildman–Crippen LogP) is 3.33. The molecule has 0 N–H and O–H groups in total. The molecule has 0 saturated carbocycles. The molecule has 0 aliphatic carbocycles. The Kier molecular flexibility index (Phi) is 4.39. The van der Waals surface area contributed by atoms with Crippen LogP contribution in [0.4, 0.5) is 10.1 Å². The van der Waals surface area contributed by atoms with Crippen LogP contribution < -0.4 is 10.5 Å². The average Bonchev–Trinajstić information content (AvgIpc) is 3.07. The molecule has 3 aromatic rings. The zero-order valence-corrected chi connectivity index (χ0v) is 16.9. The van der Waals surface area contributed by atoms with Gasteiger partial charge in [-0.05, 0) is 49.6 Å². The van der Waals surface area contributed by atoms with Crippen LogP contribution >= 0.6 is 0 Å². The van der Waals surface area contributed by atoms with E-state index in [4.69, 9.17) is 0 Å². The van der Waals surface area contributed by atoms with Crippen molar-refractivity contribution in [1.82, 2.24) is 14.5 Å². The third-order valence-corrected chi connectivity index (χ3v) is 6.48. The first kappa shape index (κ1) is 18.3. The number of hydrogen-bond donors (Lipinski definition) is 0. The molecule has 0 amide bonds. The summed E-state index contributed by atoms with van der Waals surface area (Å²) in [5, 5.41) is 0.584. The fraction of sp³-hybridized carbons (Fsp3) is 0.391. The summed E-state index contributed by atoms with van der Waals surface area (Å²) in [4.78, 5) is 22.8. The van der Waals surface area contributed by atoms with Crippen LogP contribution in [0.25, 0.3) is 22.3 Å². The monoisotopic (exact) mass is 392 g/mol. The number of aromatic nitrogens is 2. The molecule has 3 fully saturated rings. The van der Waals surface area contributed by atoms with Crippen LogP contribution in [0.2, 0.25) is 0 Å². The summed E-state index contributed by atoms with van der Waals surface area (Å²) < 4.78 is 16.1. The maximum absolute atomic E-state index is 14.7. The molecule has 150 valence electrons. The Morgan fingerprint density at radius 3 is 2.66 bits per heavy atom. The Hall–Kier alpha value is -2.73. The van der Waals surface area contributed by atoms with Gasteiger partial charge in [-0.25, -0.2) is 9.37 Å². The number of benzene rings is 2. The maximum atomic E-state index is 14.7. The first-order valence-electron chi connectivity index (χ1n) is 10.3. The zero-order valence-electron chi connectivity index (χ0n) is 16.9. The molecule has 0 atom stereocenters. The molecule has 3 aliphatic rings. The topological polar surface area (TPSA) is 41.4 Å². The molecule has 0 unspecified atom stereocenters. The minimum absolute atomic E-state index is 0.143. The SMILES string of the molecule is Cc1cccc(-c2nc3ccc(N4CCN5CCC4CC5)cc3c(=O)n2C)c1F. The Labute approximate surface area is 169 Å². The van der Waals surface area contributed by atoms with Gasteiger partial charge in [0, 0.05) is 45.0 Å². The van der Waals surface area contributed by atoms with Crippen molar-refractivity contribution in [2.24, 2.45) is 7.05 Å². The number of anilines is 1.